The number of hydrogen-bond donors (Lipinski definition) is 0. The molecule has 1 aromatic rings. The summed E-state index contributed by atoms with van der Waals surface area (Å²) in [5.41, 5.74) is 0.984. The van der Waals surface area contributed by atoms with E-state index in [1.165, 1.54) is 19.3 Å². The Morgan fingerprint density at radius 1 is 1.45 bits per heavy atom. The maximum Gasteiger partial charge on any atom is 0.0951 e. The number of ether oxygens (including phenoxy) is 1. The van der Waals surface area contributed by atoms with E-state index >= 15 is 0 Å². The summed E-state index contributed by atoms with van der Waals surface area (Å²) in [5.74, 6) is 2.75. The summed E-state index contributed by atoms with van der Waals surface area (Å²) in [4.78, 5) is 4.49. The second-order valence-electron chi connectivity index (χ2n) is 6.35. The van der Waals surface area contributed by atoms with Crippen LogP contribution in [-0.4, -0.2) is 17.7 Å². The maximum absolute atomic E-state index is 6.21. The van der Waals surface area contributed by atoms with Crippen LogP contribution in [0.1, 0.15) is 50.7 Å². The molecule has 0 spiro atoms. The van der Waals surface area contributed by atoms with E-state index in [0.29, 0.717) is 12.0 Å². The molecule has 4 heteroatoms. The summed E-state index contributed by atoms with van der Waals surface area (Å²) in [5, 5.41) is 3.19. The lowest BCUT2D eigenvalue weighted by molar-refractivity contribution is -0.0370. The van der Waals surface area contributed by atoms with Gasteiger partial charge in [0.1, 0.15) is 0 Å². The molecule has 0 aromatic carbocycles. The molecule has 0 radical (unpaired) electrons. The van der Waals surface area contributed by atoms with Crippen LogP contribution in [0, 0.1) is 17.8 Å². The molecule has 114 valence electrons. The van der Waals surface area contributed by atoms with Gasteiger partial charge in [0.15, 0.2) is 0 Å². The van der Waals surface area contributed by atoms with Gasteiger partial charge in [0.2, 0.25) is 0 Å². The van der Waals surface area contributed by atoms with Crippen molar-refractivity contribution >= 4 is 22.9 Å². The Morgan fingerprint density at radius 3 is 2.90 bits per heavy atom. The minimum absolute atomic E-state index is 0.436. The summed E-state index contributed by atoms with van der Waals surface area (Å²) in [7, 11) is 0. The molecular weight excluding hydrogens is 290 g/mol. The first kappa shape index (κ1) is 16.3. The van der Waals surface area contributed by atoms with Gasteiger partial charge in [-0.15, -0.1) is 22.9 Å². The fraction of sp³-hybridized carbons (Fsp3) is 0.812. The Labute approximate surface area is 131 Å². The third-order valence-electron chi connectivity index (χ3n) is 4.35. The predicted octanol–water partition coefficient (Wildman–Crippen LogP) is 4.90. The largest absolute Gasteiger partial charge is 0.377 e. The average molecular weight is 316 g/mol. The normalized spacial score (nSPS) is 27.1. The molecule has 3 atom stereocenters. The van der Waals surface area contributed by atoms with E-state index < -0.39 is 0 Å². The van der Waals surface area contributed by atoms with E-state index in [1.807, 2.05) is 5.38 Å². The van der Waals surface area contributed by atoms with Crippen molar-refractivity contribution < 1.29 is 4.74 Å². The first-order valence-corrected chi connectivity index (χ1v) is 9.12. The average Bonchev–Trinajstić information content (AvgIpc) is 2.86. The third-order valence-corrected chi connectivity index (χ3v) is 5.58. The van der Waals surface area contributed by atoms with Gasteiger partial charge in [0.25, 0.3) is 0 Å². The van der Waals surface area contributed by atoms with E-state index in [9.17, 15) is 0 Å². The fourth-order valence-corrected chi connectivity index (χ4v) is 4.14. The minimum atomic E-state index is 0.436. The van der Waals surface area contributed by atoms with Gasteiger partial charge in [-0.3, -0.25) is 0 Å². The second kappa shape index (κ2) is 7.77. The lowest BCUT2D eigenvalue weighted by Crippen LogP contribution is -2.34. The number of hydrogen-bond acceptors (Lipinski definition) is 3. The van der Waals surface area contributed by atoms with Crippen LogP contribution in [0.2, 0.25) is 0 Å². The number of halogens is 1. The van der Waals surface area contributed by atoms with Crippen LogP contribution in [0.5, 0.6) is 0 Å². The first-order chi connectivity index (χ1) is 9.60. The van der Waals surface area contributed by atoms with E-state index in [-0.39, 0.29) is 0 Å². The zero-order valence-corrected chi connectivity index (χ0v) is 14.3. The van der Waals surface area contributed by atoms with Gasteiger partial charge in [-0.05, 0) is 30.6 Å². The molecule has 1 fully saturated rings. The molecule has 1 aliphatic rings. The zero-order valence-electron chi connectivity index (χ0n) is 12.8. The minimum Gasteiger partial charge on any atom is -0.377 e. The number of alkyl halides is 1. The summed E-state index contributed by atoms with van der Waals surface area (Å²) < 4.78 is 6.21. The Hall–Kier alpha value is -0.120. The van der Waals surface area contributed by atoms with Crippen LogP contribution < -0.4 is 0 Å². The highest BCUT2D eigenvalue weighted by molar-refractivity contribution is 7.09. The molecule has 0 amide bonds. The highest BCUT2D eigenvalue weighted by Crippen LogP contribution is 2.35. The van der Waals surface area contributed by atoms with Crippen molar-refractivity contribution in [2.45, 2.75) is 58.4 Å². The molecule has 2 rings (SSSR count). The monoisotopic (exact) mass is 315 g/mol. The molecule has 0 bridgehead atoms. The van der Waals surface area contributed by atoms with Crippen molar-refractivity contribution in [1.29, 1.82) is 0 Å². The molecule has 1 heterocycles. The van der Waals surface area contributed by atoms with E-state index in [2.05, 4.69) is 25.8 Å². The van der Waals surface area contributed by atoms with Crippen LogP contribution in [0.25, 0.3) is 0 Å². The lowest BCUT2D eigenvalue weighted by atomic mass is 9.75. The molecule has 20 heavy (non-hydrogen) atoms. The van der Waals surface area contributed by atoms with Crippen LogP contribution in [0.3, 0.4) is 0 Å². The molecule has 1 saturated carbocycles. The molecule has 1 aromatic heterocycles. The van der Waals surface area contributed by atoms with Gasteiger partial charge < -0.3 is 4.74 Å². The molecule has 1 aliphatic carbocycles. The predicted molar refractivity (Wildman–Crippen MR) is 86.5 cm³/mol. The van der Waals surface area contributed by atoms with Crippen LogP contribution in [0.4, 0.5) is 0 Å². The highest BCUT2D eigenvalue weighted by atomic mass is 35.5. The van der Waals surface area contributed by atoms with Gasteiger partial charge in [-0.1, -0.05) is 27.2 Å². The van der Waals surface area contributed by atoms with Gasteiger partial charge in [-0.25, -0.2) is 4.98 Å². The quantitative estimate of drug-likeness (QED) is 0.696. The Morgan fingerprint density at radius 2 is 2.25 bits per heavy atom. The van der Waals surface area contributed by atoms with Gasteiger partial charge >= 0.3 is 0 Å². The SMILES string of the molecule is CC1CCC(C(C)C)C(OCCc2nc(CCl)cs2)C1. The molecule has 0 saturated heterocycles. The Kier molecular flexibility index (Phi) is 6.31. The molecule has 2 nitrogen and oxygen atoms in total. The Balaban J connectivity index is 1.81. The van der Waals surface area contributed by atoms with E-state index in [1.54, 1.807) is 11.3 Å². The lowest BCUT2D eigenvalue weighted by Gasteiger charge is -2.37. The van der Waals surface area contributed by atoms with Crippen molar-refractivity contribution in [2.75, 3.05) is 6.61 Å². The maximum atomic E-state index is 6.21. The van der Waals surface area contributed by atoms with Crippen LogP contribution in [0.15, 0.2) is 5.38 Å². The standard InChI is InChI=1S/C16H26ClNOS/c1-11(2)14-5-4-12(3)8-15(14)19-7-6-16-18-13(9-17)10-20-16/h10-12,14-15H,4-9H2,1-3H3. The third kappa shape index (κ3) is 4.44. The van der Waals surface area contributed by atoms with Crippen molar-refractivity contribution in [1.82, 2.24) is 4.98 Å². The van der Waals surface area contributed by atoms with Crippen molar-refractivity contribution in [2.24, 2.45) is 17.8 Å². The van der Waals surface area contributed by atoms with Gasteiger partial charge in [-0.2, -0.15) is 0 Å². The topological polar surface area (TPSA) is 22.1 Å². The first-order valence-electron chi connectivity index (χ1n) is 7.71. The number of rotatable bonds is 6. The summed E-state index contributed by atoms with van der Waals surface area (Å²) in [6.45, 7) is 7.78. The van der Waals surface area contributed by atoms with Crippen molar-refractivity contribution in [3.05, 3.63) is 16.1 Å². The van der Waals surface area contributed by atoms with Gasteiger partial charge in [0, 0.05) is 11.8 Å². The molecule has 0 N–H and O–H groups in total. The van der Waals surface area contributed by atoms with Gasteiger partial charge in [0.05, 0.1) is 29.3 Å². The Bertz CT molecular complexity index is 407. The zero-order chi connectivity index (χ0) is 14.5. The highest BCUT2D eigenvalue weighted by Gasteiger charge is 2.31. The fourth-order valence-electron chi connectivity index (χ4n) is 3.13. The molecule has 3 unspecified atom stereocenters. The second-order valence-corrected chi connectivity index (χ2v) is 7.56. The number of thiazole rings is 1. The smallest absolute Gasteiger partial charge is 0.0951 e. The summed E-state index contributed by atoms with van der Waals surface area (Å²) >= 11 is 7.47. The summed E-state index contributed by atoms with van der Waals surface area (Å²) in [6.07, 6.45) is 5.24. The summed E-state index contributed by atoms with van der Waals surface area (Å²) in [6, 6.07) is 0. The van der Waals surface area contributed by atoms with E-state index in [0.717, 1.165) is 41.5 Å². The number of nitrogens with zero attached hydrogens (tertiary/aromatic N) is 1. The molecular formula is C16H26ClNOS. The van der Waals surface area contributed by atoms with Crippen LogP contribution in [-0.2, 0) is 17.0 Å². The van der Waals surface area contributed by atoms with Crippen LogP contribution >= 0.6 is 22.9 Å². The molecule has 0 aliphatic heterocycles. The van der Waals surface area contributed by atoms with Crippen molar-refractivity contribution in [3.63, 3.8) is 0 Å². The van der Waals surface area contributed by atoms with Crippen molar-refractivity contribution in [3.8, 4) is 0 Å². The number of aromatic nitrogens is 1. The van der Waals surface area contributed by atoms with E-state index in [4.69, 9.17) is 16.3 Å².